The second-order valence-electron chi connectivity index (χ2n) is 4.52. The van der Waals surface area contributed by atoms with Crippen LogP contribution in [-0.4, -0.2) is 19.3 Å². The molecule has 2 aromatic carbocycles. The van der Waals surface area contributed by atoms with Crippen LogP contribution in [0.25, 0.3) is 0 Å². The van der Waals surface area contributed by atoms with E-state index < -0.39 is 10.0 Å². The van der Waals surface area contributed by atoms with Crippen molar-refractivity contribution < 1.29 is 12.8 Å². The molecule has 0 radical (unpaired) electrons. The summed E-state index contributed by atoms with van der Waals surface area (Å²) in [6.07, 6.45) is 0. The van der Waals surface area contributed by atoms with Gasteiger partial charge in [-0.1, -0.05) is 41.1 Å². The van der Waals surface area contributed by atoms with E-state index in [9.17, 15) is 12.8 Å². The molecule has 0 unspecified atom stereocenters. The first-order valence-electron chi connectivity index (χ1n) is 6.43. The third-order valence-corrected chi connectivity index (χ3v) is 5.44. The number of hydrogen-bond donors (Lipinski definition) is 0. The second kappa shape index (κ2) is 6.68. The fourth-order valence-electron chi connectivity index (χ4n) is 1.98. The summed E-state index contributed by atoms with van der Waals surface area (Å²) in [7, 11) is -3.60. The van der Waals surface area contributed by atoms with Crippen LogP contribution in [0.2, 0.25) is 0 Å². The monoisotopic (exact) mass is 371 g/mol. The van der Waals surface area contributed by atoms with Crippen LogP contribution in [0.15, 0.2) is 57.9 Å². The van der Waals surface area contributed by atoms with Gasteiger partial charge in [-0.15, -0.1) is 0 Å². The van der Waals surface area contributed by atoms with E-state index >= 15 is 0 Å². The van der Waals surface area contributed by atoms with Crippen LogP contribution in [0.1, 0.15) is 12.5 Å². The Hall–Kier alpha value is -1.24. The van der Waals surface area contributed by atoms with Gasteiger partial charge in [-0.3, -0.25) is 0 Å². The van der Waals surface area contributed by atoms with Crippen LogP contribution < -0.4 is 0 Å². The van der Waals surface area contributed by atoms with E-state index in [1.807, 2.05) is 0 Å². The summed E-state index contributed by atoms with van der Waals surface area (Å²) in [5.74, 6) is -0.372. The third-order valence-electron chi connectivity index (χ3n) is 3.03. The Kier molecular flexibility index (Phi) is 5.13. The van der Waals surface area contributed by atoms with Crippen LogP contribution in [0.5, 0.6) is 0 Å². The highest BCUT2D eigenvalue weighted by Gasteiger charge is 2.23. The molecule has 0 aliphatic carbocycles. The van der Waals surface area contributed by atoms with Gasteiger partial charge in [0.25, 0.3) is 0 Å². The molecule has 0 saturated heterocycles. The van der Waals surface area contributed by atoms with E-state index in [1.165, 1.54) is 16.4 Å². The predicted molar refractivity (Wildman–Crippen MR) is 83.8 cm³/mol. The normalized spacial score (nSPS) is 11.8. The fraction of sp³-hybridized carbons (Fsp3) is 0.200. The summed E-state index contributed by atoms with van der Waals surface area (Å²) in [5.41, 5.74) is 0.621. The van der Waals surface area contributed by atoms with Crippen molar-refractivity contribution in [2.24, 2.45) is 0 Å². The van der Waals surface area contributed by atoms with Gasteiger partial charge in [-0.05, 0) is 35.9 Å². The van der Waals surface area contributed by atoms with Crippen molar-refractivity contribution in [3.8, 4) is 0 Å². The standard InChI is InChI=1S/C15H15BrFNO2S/c1-2-18(11-12-5-3-7-14(17)9-12)21(19,20)15-8-4-6-13(16)10-15/h3-10H,2,11H2,1H3. The molecule has 0 fully saturated rings. The van der Waals surface area contributed by atoms with Gasteiger partial charge in [-0.2, -0.15) is 4.31 Å². The van der Waals surface area contributed by atoms with E-state index in [1.54, 1.807) is 43.3 Å². The van der Waals surface area contributed by atoms with Gasteiger partial charge in [0, 0.05) is 17.6 Å². The third kappa shape index (κ3) is 3.90. The number of hydrogen-bond acceptors (Lipinski definition) is 2. The van der Waals surface area contributed by atoms with Gasteiger partial charge in [0.1, 0.15) is 5.82 Å². The summed E-state index contributed by atoms with van der Waals surface area (Å²) < 4.78 is 40.5. The minimum absolute atomic E-state index is 0.142. The molecule has 3 nitrogen and oxygen atoms in total. The Morgan fingerprint density at radius 1 is 1.14 bits per heavy atom. The van der Waals surface area contributed by atoms with Crippen molar-refractivity contribution in [3.05, 3.63) is 64.4 Å². The topological polar surface area (TPSA) is 37.4 Å². The molecule has 0 heterocycles. The van der Waals surface area contributed by atoms with Crippen LogP contribution >= 0.6 is 15.9 Å². The molecule has 2 rings (SSSR count). The van der Waals surface area contributed by atoms with Gasteiger partial charge in [0.15, 0.2) is 0 Å². The predicted octanol–water partition coefficient (Wildman–Crippen LogP) is 3.80. The van der Waals surface area contributed by atoms with E-state index in [-0.39, 0.29) is 17.3 Å². The molecular formula is C15H15BrFNO2S. The summed E-state index contributed by atoms with van der Waals surface area (Å²) in [6, 6.07) is 12.5. The summed E-state index contributed by atoms with van der Waals surface area (Å²) in [6.45, 7) is 2.21. The van der Waals surface area contributed by atoms with E-state index in [4.69, 9.17) is 0 Å². The lowest BCUT2D eigenvalue weighted by molar-refractivity contribution is 0.422. The molecule has 21 heavy (non-hydrogen) atoms. The van der Waals surface area contributed by atoms with Gasteiger partial charge >= 0.3 is 0 Å². The highest BCUT2D eigenvalue weighted by Crippen LogP contribution is 2.21. The van der Waals surface area contributed by atoms with E-state index in [2.05, 4.69) is 15.9 Å². The Balaban J connectivity index is 2.32. The highest BCUT2D eigenvalue weighted by molar-refractivity contribution is 9.10. The Labute approximate surface area is 132 Å². The second-order valence-corrected chi connectivity index (χ2v) is 7.37. The lowest BCUT2D eigenvalue weighted by atomic mass is 10.2. The van der Waals surface area contributed by atoms with Crippen molar-refractivity contribution in [3.63, 3.8) is 0 Å². The smallest absolute Gasteiger partial charge is 0.207 e. The lowest BCUT2D eigenvalue weighted by Crippen LogP contribution is -2.30. The first kappa shape index (κ1) is 16.1. The number of sulfonamides is 1. The summed E-state index contributed by atoms with van der Waals surface area (Å²) in [4.78, 5) is 0.218. The van der Waals surface area contributed by atoms with Crippen LogP contribution in [0.4, 0.5) is 4.39 Å². The van der Waals surface area contributed by atoms with Gasteiger partial charge in [0.2, 0.25) is 10.0 Å². The average Bonchev–Trinajstić information content (AvgIpc) is 2.44. The number of rotatable bonds is 5. The fourth-order valence-corrected chi connectivity index (χ4v) is 4.02. The average molecular weight is 372 g/mol. The van der Waals surface area contributed by atoms with Crippen molar-refractivity contribution in [2.75, 3.05) is 6.54 Å². The van der Waals surface area contributed by atoms with Gasteiger partial charge < -0.3 is 0 Å². The maximum atomic E-state index is 13.2. The summed E-state index contributed by atoms with van der Waals surface area (Å²) in [5, 5.41) is 0. The molecule has 0 amide bonds. The molecule has 0 aliphatic heterocycles. The molecule has 0 bridgehead atoms. The van der Waals surface area contributed by atoms with Crippen LogP contribution in [0, 0.1) is 5.82 Å². The molecule has 0 atom stereocenters. The van der Waals surface area contributed by atoms with Crippen LogP contribution in [-0.2, 0) is 16.6 Å². The molecule has 0 spiro atoms. The quantitative estimate of drug-likeness (QED) is 0.801. The Bertz CT molecular complexity index is 734. The molecular weight excluding hydrogens is 357 g/mol. The van der Waals surface area contributed by atoms with Crippen molar-refractivity contribution in [2.45, 2.75) is 18.4 Å². The van der Waals surface area contributed by atoms with Gasteiger partial charge in [0.05, 0.1) is 4.90 Å². The maximum Gasteiger partial charge on any atom is 0.243 e. The minimum atomic E-state index is -3.60. The molecule has 2 aromatic rings. The first-order valence-corrected chi connectivity index (χ1v) is 8.67. The minimum Gasteiger partial charge on any atom is -0.207 e. The molecule has 0 aromatic heterocycles. The Morgan fingerprint density at radius 3 is 2.48 bits per heavy atom. The maximum absolute atomic E-state index is 13.2. The molecule has 6 heteroatoms. The molecule has 112 valence electrons. The van der Waals surface area contributed by atoms with E-state index in [0.29, 0.717) is 16.6 Å². The SMILES string of the molecule is CCN(Cc1cccc(F)c1)S(=O)(=O)c1cccc(Br)c1. The van der Waals surface area contributed by atoms with Crippen LogP contribution in [0.3, 0.4) is 0 Å². The number of halogens is 2. The van der Waals surface area contributed by atoms with Crippen molar-refractivity contribution in [1.29, 1.82) is 0 Å². The summed E-state index contributed by atoms with van der Waals surface area (Å²) >= 11 is 3.27. The zero-order valence-corrected chi connectivity index (χ0v) is 13.9. The Morgan fingerprint density at radius 2 is 1.86 bits per heavy atom. The lowest BCUT2D eigenvalue weighted by Gasteiger charge is -2.20. The van der Waals surface area contributed by atoms with Crippen molar-refractivity contribution >= 4 is 26.0 Å². The number of benzene rings is 2. The van der Waals surface area contributed by atoms with Crippen molar-refractivity contribution in [1.82, 2.24) is 4.31 Å². The zero-order chi connectivity index (χ0) is 15.5. The first-order chi connectivity index (χ1) is 9.93. The molecule has 0 aliphatic rings. The van der Waals surface area contributed by atoms with Gasteiger partial charge in [-0.25, -0.2) is 12.8 Å². The molecule has 0 N–H and O–H groups in total. The highest BCUT2D eigenvalue weighted by atomic mass is 79.9. The largest absolute Gasteiger partial charge is 0.243 e. The number of nitrogens with zero attached hydrogens (tertiary/aromatic N) is 1. The zero-order valence-electron chi connectivity index (χ0n) is 11.5. The molecule has 0 saturated carbocycles. The van der Waals surface area contributed by atoms with E-state index in [0.717, 1.165) is 0 Å².